The number of fused-ring (bicyclic) bond motifs is 2. The Balaban J connectivity index is 0.000000470. The van der Waals surface area contributed by atoms with E-state index in [1.165, 1.54) is 4.52 Å². The number of nitrogen functional groups attached to an aromatic ring is 1. The SMILES string of the molecule is CC(NC(=O)c1c(N)nn2cccnc12)c1cc(Cl)c2cn[nH]c2c1N1CCS(=O)(=O)CC1.O=C(O)C(F)(F)F. The molecule has 40 heavy (non-hydrogen) atoms. The van der Waals surface area contributed by atoms with E-state index >= 15 is 0 Å². The topological polar surface area (TPSA) is 189 Å². The normalized spacial score (nSPS) is 15.9. The van der Waals surface area contributed by atoms with Crippen LogP contribution in [0, 0.1) is 0 Å². The molecule has 214 valence electrons. The van der Waals surface area contributed by atoms with E-state index < -0.39 is 33.9 Å². The van der Waals surface area contributed by atoms with Crippen molar-refractivity contribution in [1.29, 1.82) is 0 Å². The van der Waals surface area contributed by atoms with E-state index in [-0.39, 0.29) is 22.9 Å². The molecule has 18 heteroatoms. The standard InChI is InChI=1S/C20H21ClN8O3S.C2HF3O2/c1-11(25-20(30)15-18(22)27-29-4-2-3-23-19(15)29)12-9-14(21)13-10-24-26-16(13)17(12)28-5-7-33(31,32)8-6-28;3-2(4,5)1(6)7/h2-4,9-11H,5-8H2,1H3,(H2,22,27)(H,24,26)(H,25,30);(H,6,7). The third kappa shape index (κ3) is 5.89. The van der Waals surface area contributed by atoms with Crippen LogP contribution in [0.15, 0.2) is 30.7 Å². The summed E-state index contributed by atoms with van der Waals surface area (Å²) < 4.78 is 57.1. The largest absolute Gasteiger partial charge is 0.490 e. The second-order valence-corrected chi connectivity index (χ2v) is 11.5. The van der Waals surface area contributed by atoms with Gasteiger partial charge in [0.2, 0.25) is 0 Å². The summed E-state index contributed by atoms with van der Waals surface area (Å²) in [5.41, 5.74) is 8.71. The van der Waals surface area contributed by atoms with E-state index in [0.29, 0.717) is 29.3 Å². The summed E-state index contributed by atoms with van der Waals surface area (Å²) >= 11 is 6.51. The highest BCUT2D eigenvalue weighted by atomic mass is 35.5. The van der Waals surface area contributed by atoms with Crippen LogP contribution in [0.3, 0.4) is 0 Å². The number of aromatic nitrogens is 5. The lowest BCUT2D eigenvalue weighted by Crippen LogP contribution is -2.41. The van der Waals surface area contributed by atoms with Gasteiger partial charge in [0.1, 0.15) is 5.56 Å². The molecule has 0 saturated carbocycles. The van der Waals surface area contributed by atoms with Crippen LogP contribution in [-0.2, 0) is 14.6 Å². The Morgan fingerprint density at radius 2 is 1.93 bits per heavy atom. The van der Waals surface area contributed by atoms with E-state index in [2.05, 4.69) is 25.6 Å². The third-order valence-electron chi connectivity index (χ3n) is 6.06. The van der Waals surface area contributed by atoms with E-state index in [1.807, 2.05) is 11.8 Å². The molecule has 0 spiro atoms. The van der Waals surface area contributed by atoms with Gasteiger partial charge in [-0.3, -0.25) is 9.89 Å². The lowest BCUT2D eigenvalue weighted by atomic mass is 10.0. The zero-order valence-electron chi connectivity index (χ0n) is 20.6. The van der Waals surface area contributed by atoms with Crippen molar-refractivity contribution in [3.63, 3.8) is 0 Å². The molecule has 1 aromatic carbocycles. The summed E-state index contributed by atoms with van der Waals surface area (Å²) in [6, 6.07) is 2.98. The average molecular weight is 603 g/mol. The molecule has 0 radical (unpaired) electrons. The van der Waals surface area contributed by atoms with Gasteiger partial charge in [0, 0.05) is 36.4 Å². The van der Waals surface area contributed by atoms with Gasteiger partial charge < -0.3 is 21.1 Å². The van der Waals surface area contributed by atoms with Crippen molar-refractivity contribution < 1.29 is 36.3 Å². The maximum Gasteiger partial charge on any atom is 0.490 e. The van der Waals surface area contributed by atoms with Gasteiger partial charge in [-0.15, -0.1) is 5.10 Å². The fourth-order valence-corrected chi connectivity index (χ4v) is 5.61. The number of hydrogen-bond acceptors (Lipinski definition) is 9. The van der Waals surface area contributed by atoms with Gasteiger partial charge >= 0.3 is 12.1 Å². The number of nitrogens with one attached hydrogen (secondary N) is 2. The van der Waals surface area contributed by atoms with Crippen molar-refractivity contribution >= 4 is 61.4 Å². The number of nitrogens with two attached hydrogens (primary N) is 1. The van der Waals surface area contributed by atoms with Crippen LogP contribution in [0.5, 0.6) is 0 Å². The number of sulfone groups is 1. The molecule has 0 aliphatic carbocycles. The Morgan fingerprint density at radius 1 is 1.27 bits per heavy atom. The number of rotatable bonds is 4. The molecule has 1 fully saturated rings. The predicted octanol–water partition coefficient (Wildman–Crippen LogP) is 2.20. The molecule has 1 unspecified atom stereocenters. The summed E-state index contributed by atoms with van der Waals surface area (Å²) in [6.45, 7) is 2.48. The fourth-order valence-electron chi connectivity index (χ4n) is 4.15. The number of carboxylic acid groups (broad SMARTS) is 1. The highest BCUT2D eigenvalue weighted by Gasteiger charge is 2.38. The quantitative estimate of drug-likeness (QED) is 0.269. The van der Waals surface area contributed by atoms with Crippen molar-refractivity contribution in [2.45, 2.75) is 19.1 Å². The van der Waals surface area contributed by atoms with Gasteiger partial charge in [-0.05, 0) is 19.1 Å². The van der Waals surface area contributed by atoms with Crippen molar-refractivity contribution in [1.82, 2.24) is 30.1 Å². The molecule has 4 heterocycles. The van der Waals surface area contributed by atoms with Crippen LogP contribution in [0.4, 0.5) is 24.7 Å². The molecule has 1 aliphatic heterocycles. The maximum absolute atomic E-state index is 13.2. The van der Waals surface area contributed by atoms with Gasteiger partial charge in [-0.2, -0.15) is 18.3 Å². The third-order valence-corrected chi connectivity index (χ3v) is 7.98. The number of benzene rings is 1. The van der Waals surface area contributed by atoms with Crippen molar-refractivity contribution in [2.75, 3.05) is 35.2 Å². The highest BCUT2D eigenvalue weighted by molar-refractivity contribution is 7.91. The number of amides is 1. The fraction of sp³-hybridized carbons (Fsp3) is 0.318. The Bertz CT molecular complexity index is 1690. The van der Waals surface area contributed by atoms with Crippen molar-refractivity contribution in [3.8, 4) is 0 Å². The number of nitrogens with zero attached hydrogens (tertiary/aromatic N) is 5. The number of carboxylic acids is 1. The molecule has 4 aromatic rings. The van der Waals surface area contributed by atoms with Crippen LogP contribution >= 0.6 is 11.6 Å². The first-order valence-electron chi connectivity index (χ1n) is 11.5. The van der Waals surface area contributed by atoms with Crippen LogP contribution < -0.4 is 16.0 Å². The smallest absolute Gasteiger partial charge is 0.475 e. The molecule has 1 atom stereocenters. The van der Waals surface area contributed by atoms with E-state index in [9.17, 15) is 26.4 Å². The van der Waals surface area contributed by atoms with E-state index in [0.717, 1.165) is 16.6 Å². The predicted molar refractivity (Wildman–Crippen MR) is 139 cm³/mol. The summed E-state index contributed by atoms with van der Waals surface area (Å²) in [7, 11) is -3.07. The van der Waals surface area contributed by atoms with Crippen LogP contribution in [0.25, 0.3) is 16.6 Å². The monoisotopic (exact) mass is 602 g/mol. The summed E-state index contributed by atoms with van der Waals surface area (Å²) in [6.07, 6.45) is -0.237. The zero-order valence-corrected chi connectivity index (χ0v) is 22.2. The van der Waals surface area contributed by atoms with Crippen LogP contribution in [-0.4, -0.2) is 81.0 Å². The first-order valence-corrected chi connectivity index (χ1v) is 13.7. The number of alkyl halides is 3. The summed E-state index contributed by atoms with van der Waals surface area (Å²) in [5, 5.41) is 22.5. The van der Waals surface area contributed by atoms with Gasteiger partial charge in [0.15, 0.2) is 21.3 Å². The maximum atomic E-state index is 13.2. The molecular formula is C22H22ClF3N8O5S. The number of aliphatic carboxylic acids is 1. The molecule has 3 aromatic heterocycles. The number of aromatic amines is 1. The van der Waals surface area contributed by atoms with Gasteiger partial charge in [-0.1, -0.05) is 11.6 Å². The lowest BCUT2D eigenvalue weighted by molar-refractivity contribution is -0.192. The first kappa shape index (κ1) is 28.9. The lowest BCUT2D eigenvalue weighted by Gasteiger charge is -2.32. The Labute approximate surface area is 229 Å². The average Bonchev–Trinajstić information content (AvgIpc) is 3.48. The molecule has 0 bridgehead atoms. The van der Waals surface area contributed by atoms with Gasteiger partial charge in [0.05, 0.1) is 40.0 Å². The number of anilines is 2. The molecule has 5 N–H and O–H groups in total. The summed E-state index contributed by atoms with van der Waals surface area (Å²) in [5.74, 6) is -3.01. The number of carbonyl (C=O) groups excluding carboxylic acids is 1. The Morgan fingerprint density at radius 3 is 2.55 bits per heavy atom. The number of H-pyrrole nitrogens is 1. The minimum Gasteiger partial charge on any atom is -0.475 e. The Kier molecular flexibility index (Phi) is 7.80. The van der Waals surface area contributed by atoms with Crippen molar-refractivity contribution in [2.24, 2.45) is 0 Å². The zero-order chi connectivity index (χ0) is 29.4. The molecular weight excluding hydrogens is 581 g/mol. The number of hydrogen-bond donors (Lipinski definition) is 4. The summed E-state index contributed by atoms with van der Waals surface area (Å²) in [4.78, 5) is 28.3. The minimum atomic E-state index is -5.08. The van der Waals surface area contributed by atoms with Crippen LogP contribution in [0.1, 0.15) is 28.9 Å². The van der Waals surface area contributed by atoms with Gasteiger partial charge in [0.25, 0.3) is 5.91 Å². The molecule has 1 aliphatic rings. The van der Waals surface area contributed by atoms with E-state index in [1.54, 1.807) is 30.7 Å². The van der Waals surface area contributed by atoms with Crippen LogP contribution in [0.2, 0.25) is 5.02 Å². The van der Waals surface area contributed by atoms with Crippen molar-refractivity contribution in [3.05, 3.63) is 46.9 Å². The second kappa shape index (κ2) is 10.8. The molecule has 13 nitrogen and oxygen atoms in total. The molecule has 1 amide bonds. The first-order chi connectivity index (χ1) is 18.7. The highest BCUT2D eigenvalue weighted by Crippen LogP contribution is 2.38. The molecule has 5 rings (SSSR count). The molecule has 1 saturated heterocycles. The van der Waals surface area contributed by atoms with E-state index in [4.69, 9.17) is 27.2 Å². The second-order valence-electron chi connectivity index (χ2n) is 8.74. The minimum absolute atomic E-state index is 0.0516. The number of carbonyl (C=O) groups is 2. The van der Waals surface area contributed by atoms with Gasteiger partial charge in [-0.25, -0.2) is 22.7 Å². The Hall–Kier alpha value is -4.12. The number of halogens is 4.